The van der Waals surface area contributed by atoms with Crippen LogP contribution < -0.4 is 0 Å². The fourth-order valence-electron chi connectivity index (χ4n) is 3.48. The maximum Gasteiger partial charge on any atom is 0.114 e. The molecular formula is C26H38S4. The minimum Gasteiger partial charge on any atom is -0.137 e. The third-order valence-corrected chi connectivity index (χ3v) is 13.0. The topological polar surface area (TPSA) is 0 Å². The van der Waals surface area contributed by atoms with E-state index in [0.29, 0.717) is 0 Å². The monoisotopic (exact) mass is 478 g/mol. The fourth-order valence-corrected chi connectivity index (χ4v) is 11.0. The molecule has 4 heteroatoms. The zero-order valence-corrected chi connectivity index (χ0v) is 22.3. The second-order valence-corrected chi connectivity index (χ2v) is 13.1. The van der Waals surface area contributed by atoms with E-state index in [1.807, 2.05) is 0 Å². The Kier molecular flexibility index (Phi) is 12.2. The molecule has 2 aromatic carbocycles. The Balaban J connectivity index is 2.79. The first-order valence-electron chi connectivity index (χ1n) is 11.4. The summed E-state index contributed by atoms with van der Waals surface area (Å²) in [5, 5.41) is 0. The van der Waals surface area contributed by atoms with Gasteiger partial charge in [0, 0.05) is 0 Å². The van der Waals surface area contributed by atoms with Crippen molar-refractivity contribution in [3.05, 3.63) is 71.8 Å². The van der Waals surface area contributed by atoms with Crippen LogP contribution >= 0.6 is 47.0 Å². The second-order valence-electron chi connectivity index (χ2n) is 7.36. The van der Waals surface area contributed by atoms with Crippen LogP contribution in [0, 0.1) is 0 Å². The fraction of sp³-hybridized carbons (Fsp3) is 0.538. The summed E-state index contributed by atoms with van der Waals surface area (Å²) in [7, 11) is 0. The van der Waals surface area contributed by atoms with Crippen molar-refractivity contribution < 1.29 is 0 Å². The van der Waals surface area contributed by atoms with Crippen LogP contribution in [0.1, 0.15) is 64.5 Å². The first-order valence-corrected chi connectivity index (χ1v) is 15.3. The predicted octanol–water partition coefficient (Wildman–Crippen LogP) is 9.27. The minimum absolute atomic E-state index is 0.0265. The summed E-state index contributed by atoms with van der Waals surface area (Å²) >= 11 is 8.74. The maximum atomic E-state index is 2.38. The van der Waals surface area contributed by atoms with E-state index in [1.54, 1.807) is 0 Å². The predicted molar refractivity (Wildman–Crippen MR) is 147 cm³/mol. The molecule has 0 unspecified atom stereocenters. The summed E-state index contributed by atoms with van der Waals surface area (Å²) in [5.41, 5.74) is 2.94. The SMILES string of the molecule is CCCSC(SCCC)(c1ccccc1)C(SCCC)(SCCC)c1ccccc1. The quantitative estimate of drug-likeness (QED) is 0.234. The lowest BCUT2D eigenvalue weighted by Crippen LogP contribution is -2.41. The average molecular weight is 479 g/mol. The van der Waals surface area contributed by atoms with E-state index in [-0.39, 0.29) is 8.16 Å². The van der Waals surface area contributed by atoms with Crippen LogP contribution in [0.3, 0.4) is 0 Å². The van der Waals surface area contributed by atoms with Crippen LogP contribution in [0.4, 0.5) is 0 Å². The van der Waals surface area contributed by atoms with Crippen LogP contribution in [-0.4, -0.2) is 23.0 Å². The summed E-state index contributed by atoms with van der Waals surface area (Å²) < 4.78 is -0.0530. The molecule has 0 N–H and O–H groups in total. The molecule has 0 heterocycles. The average Bonchev–Trinajstić information content (AvgIpc) is 2.81. The van der Waals surface area contributed by atoms with Gasteiger partial charge in [0.2, 0.25) is 0 Å². The highest BCUT2D eigenvalue weighted by atomic mass is 32.2. The van der Waals surface area contributed by atoms with E-state index in [0.717, 1.165) is 0 Å². The van der Waals surface area contributed by atoms with Crippen LogP contribution in [0.15, 0.2) is 60.7 Å². The van der Waals surface area contributed by atoms with E-state index >= 15 is 0 Å². The molecule has 0 fully saturated rings. The normalized spacial score (nSPS) is 12.3. The van der Waals surface area contributed by atoms with Gasteiger partial charge in [0.25, 0.3) is 0 Å². The summed E-state index contributed by atoms with van der Waals surface area (Å²) in [4.78, 5) is 0. The largest absolute Gasteiger partial charge is 0.137 e. The third-order valence-electron chi connectivity index (χ3n) is 4.78. The van der Waals surface area contributed by atoms with Gasteiger partial charge in [0.15, 0.2) is 0 Å². The van der Waals surface area contributed by atoms with Crippen molar-refractivity contribution in [2.24, 2.45) is 0 Å². The lowest BCUT2D eigenvalue weighted by atomic mass is 10.0. The molecule has 0 bridgehead atoms. The first-order chi connectivity index (χ1) is 14.7. The van der Waals surface area contributed by atoms with E-state index in [4.69, 9.17) is 0 Å². The number of hydrogen-bond acceptors (Lipinski definition) is 4. The van der Waals surface area contributed by atoms with Crippen LogP contribution in [0.2, 0.25) is 0 Å². The molecule has 0 nitrogen and oxygen atoms in total. The highest BCUT2D eigenvalue weighted by Crippen LogP contribution is 2.68. The summed E-state index contributed by atoms with van der Waals surface area (Å²) in [6, 6.07) is 22.7. The van der Waals surface area contributed by atoms with Crippen molar-refractivity contribution in [1.82, 2.24) is 0 Å². The van der Waals surface area contributed by atoms with Gasteiger partial charge in [0.05, 0.1) is 0 Å². The Hall–Kier alpha value is -0.160. The number of thioether (sulfide) groups is 4. The van der Waals surface area contributed by atoms with Gasteiger partial charge in [-0.25, -0.2) is 0 Å². The van der Waals surface area contributed by atoms with Gasteiger partial charge in [-0.2, -0.15) is 0 Å². The summed E-state index contributed by atoms with van der Waals surface area (Å²) in [5.74, 6) is 4.72. The molecule has 0 saturated heterocycles. The molecule has 0 aliphatic rings. The molecule has 0 aliphatic heterocycles. The molecule has 0 aliphatic carbocycles. The molecule has 166 valence electrons. The Morgan fingerprint density at radius 2 is 0.733 bits per heavy atom. The Morgan fingerprint density at radius 3 is 0.967 bits per heavy atom. The Labute approximate surface area is 202 Å². The number of benzene rings is 2. The lowest BCUT2D eigenvalue weighted by Gasteiger charge is -2.50. The highest BCUT2D eigenvalue weighted by Gasteiger charge is 2.55. The van der Waals surface area contributed by atoms with Gasteiger partial charge in [-0.3, -0.25) is 0 Å². The zero-order chi connectivity index (χ0) is 21.7. The summed E-state index contributed by atoms with van der Waals surface area (Å²) in [6.45, 7) is 9.26. The van der Waals surface area contributed by atoms with Crippen molar-refractivity contribution in [2.75, 3.05) is 23.0 Å². The number of rotatable bonds is 15. The second kappa shape index (κ2) is 14.1. The standard InChI is InChI=1S/C26H38S4/c1-5-19-27-25(28-20-6-2,23-15-11-9-12-16-23)26(29-21-7-3,30-22-8-4)24-17-13-10-14-18-24/h9-18H,5-8,19-22H2,1-4H3. The molecule has 0 atom stereocenters. The Morgan fingerprint density at radius 1 is 0.467 bits per heavy atom. The Bertz CT molecular complexity index is 609. The molecular weight excluding hydrogens is 441 g/mol. The molecule has 30 heavy (non-hydrogen) atoms. The van der Waals surface area contributed by atoms with E-state index in [9.17, 15) is 0 Å². The molecule has 2 aromatic rings. The smallest absolute Gasteiger partial charge is 0.114 e. The third kappa shape index (κ3) is 6.21. The van der Waals surface area contributed by atoms with Gasteiger partial charge in [-0.15, -0.1) is 47.0 Å². The van der Waals surface area contributed by atoms with Crippen molar-refractivity contribution in [2.45, 2.75) is 61.5 Å². The van der Waals surface area contributed by atoms with Crippen LogP contribution in [-0.2, 0) is 8.16 Å². The minimum atomic E-state index is -0.0265. The zero-order valence-electron chi connectivity index (χ0n) is 19.1. The summed E-state index contributed by atoms with van der Waals surface area (Å²) in [6.07, 6.45) is 4.81. The van der Waals surface area contributed by atoms with Gasteiger partial charge < -0.3 is 0 Å². The highest BCUT2D eigenvalue weighted by molar-refractivity contribution is 8.24. The maximum absolute atomic E-state index is 2.38. The van der Waals surface area contributed by atoms with E-state index < -0.39 is 0 Å². The molecule has 0 saturated carbocycles. The van der Waals surface area contributed by atoms with Crippen molar-refractivity contribution in [3.63, 3.8) is 0 Å². The first kappa shape index (κ1) is 26.1. The van der Waals surface area contributed by atoms with Gasteiger partial charge in [-0.05, 0) is 59.8 Å². The van der Waals surface area contributed by atoms with Gasteiger partial charge in [-0.1, -0.05) is 88.4 Å². The molecule has 0 amide bonds. The van der Waals surface area contributed by atoms with E-state index in [2.05, 4.69) is 135 Å². The van der Waals surface area contributed by atoms with Gasteiger partial charge in [0.1, 0.15) is 8.16 Å². The molecule has 0 spiro atoms. The van der Waals surface area contributed by atoms with Crippen molar-refractivity contribution in [3.8, 4) is 0 Å². The van der Waals surface area contributed by atoms with Crippen molar-refractivity contribution in [1.29, 1.82) is 0 Å². The number of hydrogen-bond donors (Lipinski definition) is 0. The van der Waals surface area contributed by atoms with Crippen molar-refractivity contribution >= 4 is 47.0 Å². The van der Waals surface area contributed by atoms with E-state index in [1.165, 1.54) is 59.8 Å². The van der Waals surface area contributed by atoms with Crippen LogP contribution in [0.5, 0.6) is 0 Å². The van der Waals surface area contributed by atoms with Gasteiger partial charge >= 0.3 is 0 Å². The molecule has 0 radical (unpaired) electrons. The lowest BCUT2D eigenvalue weighted by molar-refractivity contribution is 0.773. The molecule has 0 aromatic heterocycles. The van der Waals surface area contributed by atoms with Crippen LogP contribution in [0.25, 0.3) is 0 Å². The molecule has 2 rings (SSSR count).